The van der Waals surface area contributed by atoms with E-state index in [1.807, 2.05) is 31.2 Å². The maximum Gasteiger partial charge on any atom is 0.223 e. The molecule has 3 rings (SSSR count). The number of nitrogens with one attached hydrogen (secondary N) is 1. The summed E-state index contributed by atoms with van der Waals surface area (Å²) in [6.07, 6.45) is 1.72. The van der Waals surface area contributed by atoms with Crippen LogP contribution in [0.4, 0.5) is 5.95 Å². The van der Waals surface area contributed by atoms with Crippen molar-refractivity contribution in [1.29, 1.82) is 0 Å². The van der Waals surface area contributed by atoms with E-state index in [9.17, 15) is 0 Å². The molecule has 0 bridgehead atoms. The smallest absolute Gasteiger partial charge is 0.223 e. The summed E-state index contributed by atoms with van der Waals surface area (Å²) in [5.74, 6) is 1.95. The number of benzene rings is 1. The van der Waals surface area contributed by atoms with Crippen LogP contribution in [0.5, 0.6) is 11.5 Å². The first-order valence-electron chi connectivity index (χ1n) is 7.83. The van der Waals surface area contributed by atoms with Gasteiger partial charge in [-0.15, -0.1) is 11.3 Å². The topological polar surface area (TPSA) is 69.2 Å². The van der Waals surface area contributed by atoms with Crippen LogP contribution in [0.3, 0.4) is 0 Å². The van der Waals surface area contributed by atoms with Crippen LogP contribution in [0.1, 0.15) is 15.6 Å². The molecular weight excluding hydrogens is 336 g/mol. The van der Waals surface area contributed by atoms with E-state index in [4.69, 9.17) is 9.47 Å². The quantitative estimate of drug-likeness (QED) is 0.723. The van der Waals surface area contributed by atoms with Gasteiger partial charge in [-0.05, 0) is 32.0 Å². The molecule has 1 aromatic carbocycles. The summed E-state index contributed by atoms with van der Waals surface area (Å²) in [5.41, 5.74) is 2.60. The molecule has 0 atom stereocenters. The highest BCUT2D eigenvalue weighted by atomic mass is 32.1. The molecule has 0 amide bonds. The van der Waals surface area contributed by atoms with Gasteiger partial charge in [0.05, 0.1) is 37.7 Å². The van der Waals surface area contributed by atoms with Gasteiger partial charge in [-0.3, -0.25) is 0 Å². The molecule has 0 fully saturated rings. The number of aryl methyl sites for hydroxylation is 2. The lowest BCUT2D eigenvalue weighted by molar-refractivity contribution is 0.397. The van der Waals surface area contributed by atoms with Crippen LogP contribution in [0, 0.1) is 13.8 Å². The number of nitrogens with zero attached hydrogens (tertiary/aromatic N) is 3. The van der Waals surface area contributed by atoms with E-state index < -0.39 is 0 Å². The molecule has 0 spiro atoms. The molecule has 6 nitrogen and oxygen atoms in total. The van der Waals surface area contributed by atoms with E-state index in [2.05, 4.69) is 27.2 Å². The highest BCUT2D eigenvalue weighted by Gasteiger charge is 2.14. The zero-order chi connectivity index (χ0) is 17.8. The van der Waals surface area contributed by atoms with Crippen LogP contribution in [-0.2, 0) is 6.54 Å². The minimum absolute atomic E-state index is 0.538. The van der Waals surface area contributed by atoms with E-state index in [1.54, 1.807) is 31.8 Å². The Hall–Kier alpha value is -2.67. The average Bonchev–Trinajstić information content (AvgIpc) is 2.97. The van der Waals surface area contributed by atoms with Gasteiger partial charge in [0, 0.05) is 11.1 Å². The van der Waals surface area contributed by atoms with Crippen LogP contribution < -0.4 is 14.8 Å². The highest BCUT2D eigenvalue weighted by molar-refractivity contribution is 7.11. The molecule has 1 N–H and O–H groups in total. The third-order valence-corrected chi connectivity index (χ3v) is 4.88. The standard InChI is InChI=1S/C18H20N4O2S/c1-11-12(2)25-16(21-11)10-20-18-19-9-8-13(22-18)17-14(23-3)6-5-7-15(17)24-4/h5-9H,10H2,1-4H3,(H,19,20,22). The van der Waals surface area contributed by atoms with Gasteiger partial charge >= 0.3 is 0 Å². The summed E-state index contributed by atoms with van der Waals surface area (Å²) in [7, 11) is 3.26. The molecule has 0 saturated heterocycles. The van der Waals surface area contributed by atoms with Crippen LogP contribution >= 0.6 is 11.3 Å². The second-order valence-corrected chi connectivity index (χ2v) is 6.69. The van der Waals surface area contributed by atoms with Crippen molar-refractivity contribution in [3.05, 3.63) is 46.0 Å². The highest BCUT2D eigenvalue weighted by Crippen LogP contribution is 2.37. The lowest BCUT2D eigenvalue weighted by Crippen LogP contribution is -2.04. The second kappa shape index (κ2) is 7.48. The maximum atomic E-state index is 5.46. The van der Waals surface area contributed by atoms with Gasteiger partial charge in [0.15, 0.2) is 0 Å². The SMILES string of the molecule is COc1cccc(OC)c1-c1ccnc(NCc2nc(C)c(C)s2)n1. The third-order valence-electron chi connectivity index (χ3n) is 3.81. The number of methoxy groups -OCH3 is 2. The zero-order valence-electron chi connectivity index (χ0n) is 14.7. The monoisotopic (exact) mass is 356 g/mol. The van der Waals surface area contributed by atoms with E-state index >= 15 is 0 Å². The first-order valence-corrected chi connectivity index (χ1v) is 8.65. The Balaban J connectivity index is 1.87. The van der Waals surface area contributed by atoms with Gasteiger partial charge < -0.3 is 14.8 Å². The Bertz CT molecular complexity index is 838. The molecule has 0 unspecified atom stereocenters. The Morgan fingerprint density at radius 3 is 2.36 bits per heavy atom. The van der Waals surface area contributed by atoms with E-state index in [0.717, 1.165) is 22.0 Å². The number of aromatic nitrogens is 3. The van der Waals surface area contributed by atoms with Gasteiger partial charge in [-0.25, -0.2) is 15.0 Å². The predicted octanol–water partition coefficient (Wildman–Crippen LogP) is 3.85. The van der Waals surface area contributed by atoms with Gasteiger partial charge in [0.25, 0.3) is 0 Å². The number of anilines is 1. The van der Waals surface area contributed by atoms with Gasteiger partial charge in [0.2, 0.25) is 5.95 Å². The van der Waals surface area contributed by atoms with E-state index in [-0.39, 0.29) is 0 Å². The van der Waals surface area contributed by atoms with Crippen molar-refractivity contribution in [1.82, 2.24) is 15.0 Å². The molecular formula is C18H20N4O2S. The van der Waals surface area contributed by atoms with Crippen LogP contribution in [0.25, 0.3) is 11.3 Å². The summed E-state index contributed by atoms with van der Waals surface area (Å²) in [5, 5.41) is 4.24. The molecule has 3 aromatic rings. The first-order chi connectivity index (χ1) is 12.1. The van der Waals surface area contributed by atoms with Crippen molar-refractivity contribution in [2.24, 2.45) is 0 Å². The van der Waals surface area contributed by atoms with Gasteiger partial charge in [-0.2, -0.15) is 0 Å². The summed E-state index contributed by atoms with van der Waals surface area (Å²) in [4.78, 5) is 14.6. The van der Waals surface area contributed by atoms with Crippen LogP contribution in [0.2, 0.25) is 0 Å². The average molecular weight is 356 g/mol. The minimum atomic E-state index is 0.538. The normalized spacial score (nSPS) is 10.6. The lowest BCUT2D eigenvalue weighted by Gasteiger charge is -2.13. The number of hydrogen-bond acceptors (Lipinski definition) is 7. The maximum absolute atomic E-state index is 5.46. The molecule has 2 aromatic heterocycles. The van der Waals surface area contributed by atoms with Crippen molar-refractivity contribution >= 4 is 17.3 Å². The Kier molecular flexibility index (Phi) is 5.14. The molecule has 0 radical (unpaired) electrons. The van der Waals surface area contributed by atoms with Crippen molar-refractivity contribution < 1.29 is 9.47 Å². The van der Waals surface area contributed by atoms with Crippen LogP contribution in [-0.4, -0.2) is 29.2 Å². The van der Waals surface area contributed by atoms with Crippen molar-refractivity contribution in [3.8, 4) is 22.8 Å². The Morgan fingerprint density at radius 2 is 1.76 bits per heavy atom. The fourth-order valence-electron chi connectivity index (χ4n) is 2.46. The summed E-state index contributed by atoms with van der Waals surface area (Å²) in [6.45, 7) is 4.67. The molecule has 130 valence electrons. The number of hydrogen-bond donors (Lipinski definition) is 1. The van der Waals surface area contributed by atoms with E-state index in [1.165, 1.54) is 4.88 Å². The van der Waals surface area contributed by atoms with Crippen molar-refractivity contribution in [2.45, 2.75) is 20.4 Å². The molecule has 0 saturated carbocycles. The number of rotatable bonds is 6. The van der Waals surface area contributed by atoms with Gasteiger partial charge in [0.1, 0.15) is 16.5 Å². The molecule has 0 aliphatic rings. The lowest BCUT2D eigenvalue weighted by atomic mass is 10.1. The van der Waals surface area contributed by atoms with Gasteiger partial charge in [-0.1, -0.05) is 6.07 Å². The second-order valence-electron chi connectivity index (χ2n) is 5.41. The molecule has 0 aliphatic heterocycles. The van der Waals surface area contributed by atoms with Crippen molar-refractivity contribution in [2.75, 3.05) is 19.5 Å². The summed E-state index contributed by atoms with van der Waals surface area (Å²) >= 11 is 1.68. The molecule has 7 heteroatoms. The Morgan fingerprint density at radius 1 is 1.04 bits per heavy atom. The number of ether oxygens (including phenoxy) is 2. The summed E-state index contributed by atoms with van der Waals surface area (Å²) in [6, 6.07) is 7.49. The molecule has 0 aliphatic carbocycles. The largest absolute Gasteiger partial charge is 0.496 e. The summed E-state index contributed by atoms with van der Waals surface area (Å²) < 4.78 is 10.9. The zero-order valence-corrected chi connectivity index (χ0v) is 15.5. The molecule has 2 heterocycles. The predicted molar refractivity (Wildman–Crippen MR) is 99.5 cm³/mol. The first kappa shape index (κ1) is 17.2. The van der Waals surface area contributed by atoms with Crippen molar-refractivity contribution in [3.63, 3.8) is 0 Å². The number of thiazole rings is 1. The van der Waals surface area contributed by atoms with E-state index in [0.29, 0.717) is 24.0 Å². The van der Waals surface area contributed by atoms with Crippen LogP contribution in [0.15, 0.2) is 30.5 Å². The Labute approximate surface area is 150 Å². The fraction of sp³-hybridized carbons (Fsp3) is 0.278. The fourth-order valence-corrected chi connectivity index (χ4v) is 3.33. The molecule has 25 heavy (non-hydrogen) atoms. The minimum Gasteiger partial charge on any atom is -0.496 e. The third kappa shape index (κ3) is 3.71.